The minimum Gasteiger partial charge on any atom is -0.314 e. The van der Waals surface area contributed by atoms with Crippen molar-refractivity contribution in [1.82, 2.24) is 5.06 Å². The van der Waals surface area contributed by atoms with Crippen molar-refractivity contribution in [2.75, 3.05) is 7.05 Å². The maximum atomic E-state index is 14.4. The lowest BCUT2D eigenvalue weighted by Crippen LogP contribution is -2.36. The van der Waals surface area contributed by atoms with Crippen molar-refractivity contribution in [3.63, 3.8) is 0 Å². The van der Waals surface area contributed by atoms with Crippen LogP contribution in [0.3, 0.4) is 0 Å². The Labute approximate surface area is 126 Å². The third-order valence-electron chi connectivity index (χ3n) is 5.12. The van der Waals surface area contributed by atoms with E-state index in [4.69, 9.17) is 11.6 Å². The average molecular weight is 320 g/mol. The summed E-state index contributed by atoms with van der Waals surface area (Å²) in [4.78, 5) is 0. The third kappa shape index (κ3) is 2.26. The van der Waals surface area contributed by atoms with Crippen molar-refractivity contribution in [3.8, 4) is 0 Å². The van der Waals surface area contributed by atoms with E-state index >= 15 is 0 Å². The standard InChI is InChI=1S/C15H17ClF3NO/c1-20(21)13(11-10(17)3-2-9(16)12(11)18)14-4-6-15(19,8-14)7-5-14/h2-3,13,21H,4-8H2,1H3. The molecule has 2 fully saturated rings. The highest BCUT2D eigenvalue weighted by molar-refractivity contribution is 6.30. The van der Waals surface area contributed by atoms with Gasteiger partial charge in [-0.15, -0.1) is 0 Å². The van der Waals surface area contributed by atoms with E-state index in [0.717, 1.165) is 17.2 Å². The van der Waals surface area contributed by atoms with Gasteiger partial charge in [-0.25, -0.2) is 13.2 Å². The molecule has 0 heterocycles. The lowest BCUT2D eigenvalue weighted by atomic mass is 9.74. The first-order valence-electron chi connectivity index (χ1n) is 7.02. The first kappa shape index (κ1) is 15.1. The molecule has 116 valence electrons. The Balaban J connectivity index is 2.11. The van der Waals surface area contributed by atoms with Gasteiger partial charge in [0.2, 0.25) is 0 Å². The number of fused-ring (bicyclic) bond motifs is 2. The Morgan fingerprint density at radius 1 is 1.24 bits per heavy atom. The maximum absolute atomic E-state index is 14.4. The zero-order valence-corrected chi connectivity index (χ0v) is 12.4. The van der Waals surface area contributed by atoms with Crippen molar-refractivity contribution in [3.05, 3.63) is 34.4 Å². The smallest absolute Gasteiger partial charge is 0.149 e. The van der Waals surface area contributed by atoms with Crippen LogP contribution in [0.1, 0.15) is 43.7 Å². The van der Waals surface area contributed by atoms with Crippen LogP contribution in [0.15, 0.2) is 12.1 Å². The molecule has 1 unspecified atom stereocenters. The summed E-state index contributed by atoms with van der Waals surface area (Å²) in [5.41, 5.74) is -2.18. The van der Waals surface area contributed by atoms with Crippen LogP contribution in [0.2, 0.25) is 5.02 Å². The molecule has 2 aliphatic rings. The molecule has 6 heteroatoms. The summed E-state index contributed by atoms with van der Waals surface area (Å²) in [6.07, 6.45) is 1.98. The summed E-state index contributed by atoms with van der Waals surface area (Å²) in [5.74, 6) is -1.64. The van der Waals surface area contributed by atoms with Crippen molar-refractivity contribution < 1.29 is 18.4 Å². The number of nitrogens with zero attached hydrogens (tertiary/aromatic N) is 1. The average Bonchev–Trinajstić information content (AvgIpc) is 2.92. The van der Waals surface area contributed by atoms with Gasteiger partial charge < -0.3 is 5.21 Å². The summed E-state index contributed by atoms with van der Waals surface area (Å²) in [6.45, 7) is 0. The van der Waals surface area contributed by atoms with Crippen molar-refractivity contribution in [1.29, 1.82) is 0 Å². The van der Waals surface area contributed by atoms with Crippen LogP contribution in [-0.4, -0.2) is 23.0 Å². The normalized spacial score (nSPS) is 32.9. The highest BCUT2D eigenvalue weighted by Crippen LogP contribution is 2.64. The van der Waals surface area contributed by atoms with Gasteiger partial charge in [0.15, 0.2) is 0 Å². The van der Waals surface area contributed by atoms with Crippen molar-refractivity contribution in [2.24, 2.45) is 5.41 Å². The summed E-state index contributed by atoms with van der Waals surface area (Å²) in [5, 5.41) is 10.6. The fraction of sp³-hybridized carbons (Fsp3) is 0.600. The molecule has 0 amide bonds. The Bertz CT molecular complexity index is 570. The van der Waals surface area contributed by atoms with E-state index < -0.39 is 28.8 Å². The van der Waals surface area contributed by atoms with Gasteiger partial charge in [-0.05, 0) is 49.7 Å². The minimum atomic E-state index is -1.26. The lowest BCUT2D eigenvalue weighted by Gasteiger charge is -2.39. The van der Waals surface area contributed by atoms with E-state index in [9.17, 15) is 18.4 Å². The molecular weight excluding hydrogens is 303 g/mol. The SMILES string of the molecule is CN(O)C(c1c(F)ccc(Cl)c1F)C12CCC(F)(CC1)C2. The van der Waals surface area contributed by atoms with E-state index in [2.05, 4.69) is 0 Å². The molecule has 0 spiro atoms. The summed E-state index contributed by atoms with van der Waals surface area (Å²) < 4.78 is 43.0. The van der Waals surface area contributed by atoms with Gasteiger partial charge in [0, 0.05) is 12.6 Å². The molecule has 0 aromatic heterocycles. The molecule has 0 aliphatic heterocycles. The molecule has 1 N–H and O–H groups in total. The van der Waals surface area contributed by atoms with Gasteiger partial charge in [-0.3, -0.25) is 0 Å². The van der Waals surface area contributed by atoms with Crippen LogP contribution >= 0.6 is 11.6 Å². The van der Waals surface area contributed by atoms with Gasteiger partial charge in [0.25, 0.3) is 0 Å². The third-order valence-corrected chi connectivity index (χ3v) is 5.41. The molecular formula is C15H17ClF3NO. The molecule has 0 saturated heterocycles. The number of hydrogen-bond acceptors (Lipinski definition) is 2. The van der Waals surface area contributed by atoms with E-state index in [1.165, 1.54) is 7.05 Å². The zero-order valence-electron chi connectivity index (χ0n) is 11.7. The fourth-order valence-corrected chi connectivity index (χ4v) is 4.40. The van der Waals surface area contributed by atoms with E-state index in [1.807, 2.05) is 0 Å². The van der Waals surface area contributed by atoms with Gasteiger partial charge in [-0.2, -0.15) is 5.06 Å². The maximum Gasteiger partial charge on any atom is 0.149 e. The lowest BCUT2D eigenvalue weighted by molar-refractivity contribution is -0.144. The van der Waals surface area contributed by atoms with Gasteiger partial charge in [-0.1, -0.05) is 11.6 Å². The van der Waals surface area contributed by atoms with Crippen LogP contribution < -0.4 is 0 Å². The zero-order chi connectivity index (χ0) is 15.4. The molecule has 2 bridgehead atoms. The van der Waals surface area contributed by atoms with Gasteiger partial charge in [0.05, 0.1) is 11.1 Å². The van der Waals surface area contributed by atoms with Crippen molar-refractivity contribution in [2.45, 2.75) is 43.8 Å². The molecule has 3 rings (SSSR count). The Hall–Kier alpha value is -0.780. The van der Waals surface area contributed by atoms with E-state index in [1.54, 1.807) is 0 Å². The topological polar surface area (TPSA) is 23.5 Å². The van der Waals surface area contributed by atoms with E-state index in [-0.39, 0.29) is 17.0 Å². The molecule has 21 heavy (non-hydrogen) atoms. The summed E-state index contributed by atoms with van der Waals surface area (Å²) in [6, 6.07) is 1.29. The molecule has 2 aliphatic carbocycles. The predicted octanol–water partition coefficient (Wildman–Crippen LogP) is 4.65. The Morgan fingerprint density at radius 2 is 1.86 bits per heavy atom. The minimum absolute atomic E-state index is 0.197. The molecule has 0 radical (unpaired) electrons. The number of alkyl halides is 1. The molecule has 1 aromatic carbocycles. The number of halogens is 4. The Kier molecular flexibility index (Phi) is 3.50. The molecule has 2 saturated carbocycles. The van der Waals surface area contributed by atoms with Crippen LogP contribution in [0.5, 0.6) is 0 Å². The fourth-order valence-electron chi connectivity index (χ4n) is 4.23. The summed E-state index contributed by atoms with van der Waals surface area (Å²) >= 11 is 5.75. The second kappa shape index (κ2) is 4.86. The largest absolute Gasteiger partial charge is 0.314 e. The first-order valence-corrected chi connectivity index (χ1v) is 7.40. The molecule has 2 nitrogen and oxygen atoms in total. The van der Waals surface area contributed by atoms with Crippen molar-refractivity contribution >= 4 is 11.6 Å². The van der Waals surface area contributed by atoms with Gasteiger partial charge >= 0.3 is 0 Å². The number of rotatable bonds is 3. The number of benzene rings is 1. The monoisotopic (exact) mass is 319 g/mol. The van der Waals surface area contributed by atoms with Crippen LogP contribution in [0.25, 0.3) is 0 Å². The summed E-state index contributed by atoms with van der Waals surface area (Å²) in [7, 11) is 1.34. The number of hydrogen-bond donors (Lipinski definition) is 1. The predicted molar refractivity (Wildman–Crippen MR) is 73.0 cm³/mol. The quantitative estimate of drug-likeness (QED) is 0.647. The van der Waals surface area contributed by atoms with Crippen LogP contribution in [-0.2, 0) is 0 Å². The highest BCUT2D eigenvalue weighted by atomic mass is 35.5. The van der Waals surface area contributed by atoms with Gasteiger partial charge in [0.1, 0.15) is 17.3 Å². The second-order valence-electron chi connectivity index (χ2n) is 6.42. The first-order chi connectivity index (χ1) is 9.78. The van der Waals surface area contributed by atoms with Crippen LogP contribution in [0.4, 0.5) is 13.2 Å². The number of hydroxylamine groups is 2. The molecule has 1 atom stereocenters. The Morgan fingerprint density at radius 3 is 2.33 bits per heavy atom. The van der Waals surface area contributed by atoms with E-state index in [0.29, 0.717) is 25.7 Å². The highest BCUT2D eigenvalue weighted by Gasteiger charge is 2.60. The molecule has 1 aromatic rings. The second-order valence-corrected chi connectivity index (χ2v) is 6.83. The van der Waals surface area contributed by atoms with Crippen LogP contribution in [0, 0.1) is 17.0 Å².